The number of nitrogens with zero attached hydrogens (tertiary/aromatic N) is 3. The van der Waals surface area contributed by atoms with E-state index in [-0.39, 0.29) is 11.9 Å². The number of amides is 1. The van der Waals surface area contributed by atoms with Gasteiger partial charge in [0.2, 0.25) is 5.89 Å². The molecule has 146 valence electrons. The fraction of sp³-hybridized carbons (Fsp3) is 0.650. The lowest BCUT2D eigenvalue weighted by Crippen LogP contribution is -2.38. The number of carbonyl (C=O) groups is 1. The maximum atomic E-state index is 12.7. The molecule has 1 saturated carbocycles. The molecule has 2 aromatic heterocycles. The molecular weight excluding hydrogens is 346 g/mol. The van der Waals surface area contributed by atoms with Crippen LogP contribution in [0.2, 0.25) is 0 Å². The van der Waals surface area contributed by atoms with E-state index in [2.05, 4.69) is 10.1 Å². The van der Waals surface area contributed by atoms with Crippen LogP contribution in [0.5, 0.6) is 0 Å². The number of piperidine rings is 1. The Kier molecular flexibility index (Phi) is 5.87. The molecule has 0 N–H and O–H groups in total. The Morgan fingerprint density at radius 2 is 2.07 bits per heavy atom. The van der Waals surface area contributed by atoms with Crippen LogP contribution in [0.1, 0.15) is 73.3 Å². The number of rotatable bonds is 7. The van der Waals surface area contributed by atoms with E-state index in [0.717, 1.165) is 25.9 Å². The Morgan fingerprint density at radius 1 is 1.22 bits per heavy atom. The summed E-state index contributed by atoms with van der Waals surface area (Å²) in [5.74, 6) is 2.10. The van der Waals surface area contributed by atoms with Crippen LogP contribution in [0.4, 0.5) is 0 Å². The summed E-state index contributed by atoms with van der Waals surface area (Å²) in [4.78, 5) is 19.0. The summed E-state index contributed by atoms with van der Waals surface area (Å²) >= 11 is 0. The number of aromatic nitrogens is 2. The second-order valence-corrected chi connectivity index (χ2v) is 7.51. The Balaban J connectivity index is 1.33. The van der Waals surface area contributed by atoms with Gasteiger partial charge in [-0.1, -0.05) is 18.0 Å². The second kappa shape index (κ2) is 8.69. The summed E-state index contributed by atoms with van der Waals surface area (Å²) in [5.41, 5.74) is 0. The van der Waals surface area contributed by atoms with Crippen molar-refractivity contribution < 1.29 is 18.5 Å². The summed E-state index contributed by atoms with van der Waals surface area (Å²) in [6.45, 7) is 2.11. The minimum absolute atomic E-state index is 0.121. The highest BCUT2D eigenvalue weighted by molar-refractivity contribution is 5.91. The zero-order chi connectivity index (χ0) is 18.5. The predicted molar refractivity (Wildman–Crippen MR) is 97.1 cm³/mol. The first-order chi connectivity index (χ1) is 13.3. The highest BCUT2D eigenvalue weighted by atomic mass is 16.5. The lowest BCUT2D eigenvalue weighted by molar-refractivity contribution is 0.0529. The largest absolute Gasteiger partial charge is 0.459 e. The summed E-state index contributed by atoms with van der Waals surface area (Å²) in [6.07, 6.45) is 10.2. The van der Waals surface area contributed by atoms with E-state index in [1.165, 1.54) is 31.9 Å². The minimum atomic E-state index is -0.183. The van der Waals surface area contributed by atoms with E-state index in [9.17, 15) is 4.79 Å². The van der Waals surface area contributed by atoms with Crippen LogP contribution >= 0.6 is 0 Å². The van der Waals surface area contributed by atoms with Crippen molar-refractivity contribution in [2.45, 2.75) is 57.4 Å². The fourth-order valence-electron chi connectivity index (χ4n) is 4.07. The van der Waals surface area contributed by atoms with Gasteiger partial charge in [0, 0.05) is 19.6 Å². The van der Waals surface area contributed by atoms with Gasteiger partial charge in [-0.25, -0.2) is 0 Å². The molecule has 4 rings (SSSR count). The van der Waals surface area contributed by atoms with Crippen LogP contribution in [0.25, 0.3) is 0 Å². The third kappa shape index (κ3) is 4.40. The predicted octanol–water partition coefficient (Wildman–Crippen LogP) is 3.78. The molecule has 2 aromatic rings. The molecule has 7 heteroatoms. The third-order valence-corrected chi connectivity index (χ3v) is 5.56. The smallest absolute Gasteiger partial charge is 0.290 e. The molecule has 2 aliphatic rings. The van der Waals surface area contributed by atoms with E-state index in [1.807, 2.05) is 0 Å². The van der Waals surface area contributed by atoms with Gasteiger partial charge in [0.15, 0.2) is 11.6 Å². The summed E-state index contributed by atoms with van der Waals surface area (Å²) in [5, 5.41) is 4.09. The van der Waals surface area contributed by atoms with Crippen LogP contribution in [0, 0.1) is 5.92 Å². The van der Waals surface area contributed by atoms with Crippen molar-refractivity contribution in [2.75, 3.05) is 19.8 Å². The molecule has 1 amide bonds. The van der Waals surface area contributed by atoms with Crippen LogP contribution in [0.3, 0.4) is 0 Å². The maximum absolute atomic E-state index is 12.7. The standard InChI is InChI=1S/C20H27N3O4/c24-20(17-9-5-12-26-17)23-11-4-3-8-16(23)19-21-18(22-27-19)10-13-25-14-15-6-1-2-7-15/h5,9,12,15-16H,1-4,6-8,10-11,13-14H2. The normalized spacial score (nSPS) is 21.0. The van der Waals surface area contributed by atoms with Crippen LogP contribution in [-0.4, -0.2) is 40.7 Å². The van der Waals surface area contributed by atoms with Crippen molar-refractivity contribution in [3.63, 3.8) is 0 Å². The Labute approximate surface area is 159 Å². The van der Waals surface area contributed by atoms with Crippen molar-refractivity contribution in [3.8, 4) is 0 Å². The Hall–Kier alpha value is -2.15. The molecule has 3 heterocycles. The topological polar surface area (TPSA) is 81.6 Å². The zero-order valence-electron chi connectivity index (χ0n) is 15.6. The average Bonchev–Trinajstić information content (AvgIpc) is 3.47. The molecule has 1 unspecified atom stereocenters. The quantitative estimate of drug-likeness (QED) is 0.687. The fourth-order valence-corrected chi connectivity index (χ4v) is 4.07. The van der Waals surface area contributed by atoms with Crippen molar-refractivity contribution in [3.05, 3.63) is 35.9 Å². The Bertz CT molecular complexity index is 721. The van der Waals surface area contributed by atoms with Crippen molar-refractivity contribution in [1.29, 1.82) is 0 Å². The van der Waals surface area contributed by atoms with Gasteiger partial charge in [-0.2, -0.15) is 4.98 Å². The molecule has 7 nitrogen and oxygen atoms in total. The first-order valence-corrected chi connectivity index (χ1v) is 10.1. The number of hydrogen-bond acceptors (Lipinski definition) is 6. The molecule has 27 heavy (non-hydrogen) atoms. The van der Waals surface area contributed by atoms with Crippen molar-refractivity contribution >= 4 is 5.91 Å². The molecule has 0 radical (unpaired) electrons. The molecular formula is C20H27N3O4. The van der Waals surface area contributed by atoms with Crippen LogP contribution < -0.4 is 0 Å². The van der Waals surface area contributed by atoms with E-state index in [0.29, 0.717) is 43.0 Å². The van der Waals surface area contributed by atoms with Gasteiger partial charge in [0.25, 0.3) is 5.91 Å². The lowest BCUT2D eigenvalue weighted by atomic mass is 10.0. The molecule has 1 aliphatic heterocycles. The van der Waals surface area contributed by atoms with Gasteiger partial charge in [-0.3, -0.25) is 4.79 Å². The van der Waals surface area contributed by atoms with Gasteiger partial charge < -0.3 is 18.6 Å². The van der Waals surface area contributed by atoms with E-state index < -0.39 is 0 Å². The summed E-state index contributed by atoms with van der Waals surface area (Å²) < 4.78 is 16.5. The summed E-state index contributed by atoms with van der Waals surface area (Å²) in [6, 6.07) is 3.23. The van der Waals surface area contributed by atoms with Gasteiger partial charge >= 0.3 is 0 Å². The molecule has 0 aromatic carbocycles. The number of carbonyl (C=O) groups excluding carboxylic acids is 1. The number of furan rings is 1. The van der Waals surface area contributed by atoms with Crippen molar-refractivity contribution in [1.82, 2.24) is 15.0 Å². The second-order valence-electron chi connectivity index (χ2n) is 7.51. The Morgan fingerprint density at radius 3 is 2.89 bits per heavy atom. The monoisotopic (exact) mass is 373 g/mol. The average molecular weight is 373 g/mol. The molecule has 1 saturated heterocycles. The minimum Gasteiger partial charge on any atom is -0.459 e. The highest BCUT2D eigenvalue weighted by Gasteiger charge is 2.33. The molecule has 2 fully saturated rings. The SMILES string of the molecule is O=C(c1ccco1)N1CCCCC1c1nc(CCOCC2CCCC2)no1. The maximum Gasteiger partial charge on any atom is 0.290 e. The highest BCUT2D eigenvalue weighted by Crippen LogP contribution is 2.31. The first-order valence-electron chi connectivity index (χ1n) is 10.1. The molecule has 0 bridgehead atoms. The number of ether oxygens (including phenoxy) is 1. The van der Waals surface area contributed by atoms with Crippen LogP contribution in [-0.2, 0) is 11.2 Å². The molecule has 1 aliphatic carbocycles. The van der Waals surface area contributed by atoms with Gasteiger partial charge in [-0.15, -0.1) is 0 Å². The zero-order valence-corrected chi connectivity index (χ0v) is 15.6. The number of likely N-dealkylation sites (tertiary alicyclic amines) is 1. The van der Waals surface area contributed by atoms with Crippen molar-refractivity contribution in [2.24, 2.45) is 5.92 Å². The summed E-state index contributed by atoms with van der Waals surface area (Å²) in [7, 11) is 0. The number of hydrogen-bond donors (Lipinski definition) is 0. The van der Waals surface area contributed by atoms with Gasteiger partial charge in [0.05, 0.1) is 12.9 Å². The van der Waals surface area contributed by atoms with Gasteiger partial charge in [-0.05, 0) is 50.2 Å². The van der Waals surface area contributed by atoms with Gasteiger partial charge in [0.1, 0.15) is 6.04 Å². The van der Waals surface area contributed by atoms with Crippen LogP contribution in [0.15, 0.2) is 27.3 Å². The molecule has 1 atom stereocenters. The van der Waals surface area contributed by atoms with E-state index >= 15 is 0 Å². The lowest BCUT2D eigenvalue weighted by Gasteiger charge is -2.32. The van der Waals surface area contributed by atoms with E-state index in [4.69, 9.17) is 13.7 Å². The van der Waals surface area contributed by atoms with E-state index in [1.54, 1.807) is 17.0 Å². The third-order valence-electron chi connectivity index (χ3n) is 5.56. The molecule has 0 spiro atoms. The first kappa shape index (κ1) is 18.2.